The van der Waals surface area contributed by atoms with Gasteiger partial charge in [-0.05, 0) is 50.1 Å². The number of nitrogens with zero attached hydrogens (tertiary/aromatic N) is 1. The number of pyridine rings is 1. The predicted octanol–water partition coefficient (Wildman–Crippen LogP) is 5.40. The second kappa shape index (κ2) is 11.8. The van der Waals surface area contributed by atoms with Crippen LogP contribution in [-0.4, -0.2) is 10.5 Å². The maximum Gasteiger partial charge on any atom is 0.255 e. The Morgan fingerprint density at radius 3 is 1.93 bits per heavy atom. The smallest absolute Gasteiger partial charge is 0.255 e. The zero-order valence-corrected chi connectivity index (χ0v) is 18.2. The lowest BCUT2D eigenvalue weighted by Gasteiger charge is -2.07. The van der Waals surface area contributed by atoms with E-state index in [0.29, 0.717) is 6.42 Å². The summed E-state index contributed by atoms with van der Waals surface area (Å²) >= 11 is 3.31. The summed E-state index contributed by atoms with van der Waals surface area (Å²) in [7, 11) is 0. The van der Waals surface area contributed by atoms with Crippen LogP contribution in [0.5, 0.6) is 0 Å². The van der Waals surface area contributed by atoms with E-state index in [1.54, 1.807) is 16.8 Å². The lowest BCUT2D eigenvalue weighted by molar-refractivity contribution is -0.120. The predicted molar refractivity (Wildman–Crippen MR) is 122 cm³/mol. The Morgan fingerprint density at radius 1 is 0.828 bits per heavy atom. The molecule has 0 atom stereocenters. The highest BCUT2D eigenvalue weighted by molar-refractivity contribution is 9.10. The van der Waals surface area contributed by atoms with Crippen molar-refractivity contribution < 1.29 is 4.79 Å². The van der Waals surface area contributed by atoms with Crippen molar-refractivity contribution in [2.24, 2.45) is 0 Å². The number of nitrogens with one attached hydrogen (secondary N) is 1. The van der Waals surface area contributed by atoms with E-state index in [1.165, 1.54) is 5.57 Å². The summed E-state index contributed by atoms with van der Waals surface area (Å²) in [6.45, 7) is 3.98. The van der Waals surface area contributed by atoms with Crippen molar-refractivity contribution in [2.45, 2.75) is 26.7 Å². The van der Waals surface area contributed by atoms with Crippen molar-refractivity contribution in [1.29, 1.82) is 0 Å². The number of benzene rings is 2. The summed E-state index contributed by atoms with van der Waals surface area (Å²) in [6, 6.07) is 23.0. The average Bonchev–Trinajstić information content (AvgIpc) is 2.74. The molecule has 0 saturated heterocycles. The number of hydrogen-bond donors (Lipinski definition) is 1. The molecule has 0 saturated carbocycles. The molecule has 1 aliphatic heterocycles. The summed E-state index contributed by atoms with van der Waals surface area (Å²) in [5, 5.41) is 2.63. The first-order chi connectivity index (χ1) is 14.0. The van der Waals surface area contributed by atoms with Crippen molar-refractivity contribution in [2.75, 3.05) is 0 Å². The molecule has 150 valence electrons. The molecule has 2 aromatic carbocycles. The number of aryl methyl sites for hydroxylation is 1. The molecule has 5 heteroatoms. The Hall–Kier alpha value is -2.92. The summed E-state index contributed by atoms with van der Waals surface area (Å²) in [5.74, 6) is 0.135. The van der Waals surface area contributed by atoms with Gasteiger partial charge in [0, 0.05) is 35.0 Å². The van der Waals surface area contributed by atoms with Crippen LogP contribution in [0.1, 0.15) is 25.3 Å². The van der Waals surface area contributed by atoms with Crippen LogP contribution in [0.3, 0.4) is 0 Å². The number of allylic oxidation sites excluding steroid dienone is 1. The molecular weight excluding hydrogens is 428 g/mol. The minimum Gasteiger partial charge on any atom is -0.333 e. The second-order valence-corrected chi connectivity index (χ2v) is 7.52. The highest BCUT2D eigenvalue weighted by Gasteiger charge is 2.04. The van der Waals surface area contributed by atoms with E-state index in [2.05, 4.69) is 21.2 Å². The van der Waals surface area contributed by atoms with Crippen LogP contribution in [0.4, 0.5) is 0 Å². The van der Waals surface area contributed by atoms with Gasteiger partial charge < -0.3 is 5.32 Å². The van der Waals surface area contributed by atoms with E-state index in [0.717, 1.165) is 22.1 Å². The molecule has 0 fully saturated rings. The van der Waals surface area contributed by atoms with Gasteiger partial charge in [0.05, 0.1) is 0 Å². The summed E-state index contributed by atoms with van der Waals surface area (Å²) in [5.41, 5.74) is 3.24. The third-order valence-electron chi connectivity index (χ3n) is 4.05. The molecule has 2 heterocycles. The Morgan fingerprint density at radius 2 is 1.45 bits per heavy atom. The van der Waals surface area contributed by atoms with Gasteiger partial charge >= 0.3 is 0 Å². The van der Waals surface area contributed by atoms with Gasteiger partial charge in [-0.1, -0.05) is 64.0 Å². The van der Waals surface area contributed by atoms with E-state index < -0.39 is 0 Å². The minimum atomic E-state index is 0.00167. The third kappa shape index (κ3) is 8.32. The zero-order chi connectivity index (χ0) is 21.1. The first kappa shape index (κ1) is 22.4. The number of hydrogen-bond acceptors (Lipinski definition) is 2. The number of amides is 1. The maximum absolute atomic E-state index is 11.5. The Bertz CT molecular complexity index is 996. The van der Waals surface area contributed by atoms with E-state index >= 15 is 0 Å². The number of para-hydroxylation sites is 1. The molecule has 4 nitrogen and oxygen atoms in total. The molecular formula is C24H25BrN2O2. The van der Waals surface area contributed by atoms with Crippen LogP contribution in [0.25, 0.3) is 5.69 Å². The third-order valence-corrected chi connectivity index (χ3v) is 4.58. The summed E-state index contributed by atoms with van der Waals surface area (Å²) < 4.78 is 2.78. The van der Waals surface area contributed by atoms with Gasteiger partial charge in [-0.25, -0.2) is 0 Å². The van der Waals surface area contributed by atoms with E-state index in [9.17, 15) is 9.59 Å². The molecule has 4 rings (SSSR count). The maximum atomic E-state index is 11.5. The van der Waals surface area contributed by atoms with Gasteiger partial charge in [-0.3, -0.25) is 14.2 Å². The van der Waals surface area contributed by atoms with Crippen LogP contribution in [0.15, 0.2) is 100 Å². The summed E-state index contributed by atoms with van der Waals surface area (Å²) in [4.78, 5) is 22.0. The van der Waals surface area contributed by atoms with E-state index in [1.807, 2.05) is 86.8 Å². The van der Waals surface area contributed by atoms with Crippen LogP contribution >= 0.6 is 15.9 Å². The van der Waals surface area contributed by atoms with Crippen molar-refractivity contribution in [3.05, 3.63) is 111 Å². The van der Waals surface area contributed by atoms with Gasteiger partial charge in [-0.2, -0.15) is 0 Å². The highest BCUT2D eigenvalue weighted by Crippen LogP contribution is 2.06. The number of carbonyl (C=O) groups is 1. The highest BCUT2D eigenvalue weighted by atomic mass is 79.9. The van der Waals surface area contributed by atoms with Crippen LogP contribution < -0.4 is 10.9 Å². The zero-order valence-electron chi connectivity index (χ0n) is 16.6. The van der Waals surface area contributed by atoms with E-state index in [4.69, 9.17) is 0 Å². The molecule has 1 aliphatic rings. The normalized spacial score (nSPS) is 12.4. The molecule has 29 heavy (non-hydrogen) atoms. The number of rotatable bonds is 1. The lowest BCUT2D eigenvalue weighted by atomic mass is 10.1. The SMILES string of the molecule is Brc1ccccc1.CC1=CNC(=O)CC1.Cc1ccc(=O)n(-c2ccccc2)c1. The Kier molecular flexibility index (Phi) is 9.12. The van der Waals surface area contributed by atoms with Crippen molar-refractivity contribution in [1.82, 2.24) is 9.88 Å². The molecule has 0 unspecified atom stereocenters. The standard InChI is InChI=1S/C12H11NO.C6H5Br.C6H9NO/c1-10-7-8-12(14)13(9-10)11-5-3-2-4-6-11;7-6-4-2-1-3-5-6;1-5-2-3-6(8)7-4-5/h2-9H,1H3;1-5H;4H,2-3H2,1H3,(H,7,8). The monoisotopic (exact) mass is 452 g/mol. The number of carbonyl (C=O) groups excluding carboxylic acids is 1. The number of aromatic nitrogens is 1. The largest absolute Gasteiger partial charge is 0.333 e. The van der Waals surface area contributed by atoms with E-state index in [-0.39, 0.29) is 11.5 Å². The molecule has 0 bridgehead atoms. The quantitative estimate of drug-likeness (QED) is 0.537. The molecule has 1 aromatic heterocycles. The van der Waals surface area contributed by atoms with Gasteiger partial charge in [0.2, 0.25) is 5.91 Å². The van der Waals surface area contributed by atoms with Gasteiger partial charge in [0.25, 0.3) is 5.56 Å². The van der Waals surface area contributed by atoms with Crippen molar-refractivity contribution in [3.63, 3.8) is 0 Å². The minimum absolute atomic E-state index is 0.00167. The fourth-order valence-corrected chi connectivity index (χ4v) is 2.76. The lowest BCUT2D eigenvalue weighted by Crippen LogP contribution is -2.20. The molecule has 0 radical (unpaired) electrons. The van der Waals surface area contributed by atoms with Gasteiger partial charge in [-0.15, -0.1) is 0 Å². The topological polar surface area (TPSA) is 51.1 Å². The molecule has 1 N–H and O–H groups in total. The Balaban J connectivity index is 0.000000170. The Labute approximate surface area is 180 Å². The van der Waals surface area contributed by atoms with Crippen molar-refractivity contribution in [3.8, 4) is 5.69 Å². The summed E-state index contributed by atoms with van der Waals surface area (Å²) in [6.07, 6.45) is 5.19. The molecule has 0 aliphatic carbocycles. The molecule has 0 spiro atoms. The molecule has 3 aromatic rings. The molecule has 1 amide bonds. The van der Waals surface area contributed by atoms with Crippen LogP contribution in [0, 0.1) is 6.92 Å². The van der Waals surface area contributed by atoms with Crippen molar-refractivity contribution >= 4 is 21.8 Å². The first-order valence-corrected chi connectivity index (χ1v) is 10.2. The second-order valence-electron chi connectivity index (χ2n) is 6.60. The first-order valence-electron chi connectivity index (χ1n) is 9.36. The van der Waals surface area contributed by atoms with Gasteiger partial charge in [0.1, 0.15) is 0 Å². The number of halogens is 1. The average molecular weight is 453 g/mol. The van der Waals surface area contributed by atoms with Gasteiger partial charge in [0.15, 0.2) is 0 Å². The fourth-order valence-electron chi connectivity index (χ4n) is 2.46. The van der Waals surface area contributed by atoms with Crippen LogP contribution in [0.2, 0.25) is 0 Å². The fraction of sp³-hybridized carbons (Fsp3) is 0.167. The van der Waals surface area contributed by atoms with Crippen LogP contribution in [-0.2, 0) is 4.79 Å².